The van der Waals surface area contributed by atoms with Crippen LogP contribution in [-0.4, -0.2) is 24.8 Å². The molecule has 1 unspecified atom stereocenters. The third kappa shape index (κ3) is 3.45. The van der Waals surface area contributed by atoms with E-state index in [0.29, 0.717) is 11.8 Å². The lowest BCUT2D eigenvalue weighted by atomic mass is 9.84. The van der Waals surface area contributed by atoms with Gasteiger partial charge >= 0.3 is 0 Å². The Morgan fingerprint density at radius 2 is 2.05 bits per heavy atom. The summed E-state index contributed by atoms with van der Waals surface area (Å²) in [5.74, 6) is 1.27. The summed E-state index contributed by atoms with van der Waals surface area (Å²) in [7, 11) is 1.68. The molecule has 3 heteroatoms. The van der Waals surface area contributed by atoms with Gasteiger partial charge in [-0.1, -0.05) is 27.2 Å². The van der Waals surface area contributed by atoms with Crippen LogP contribution in [-0.2, 0) is 11.8 Å². The minimum atomic E-state index is -0.0899. The van der Waals surface area contributed by atoms with Crippen LogP contribution in [0.4, 0.5) is 0 Å². The van der Waals surface area contributed by atoms with Crippen molar-refractivity contribution >= 4 is 0 Å². The van der Waals surface area contributed by atoms with E-state index in [9.17, 15) is 5.11 Å². The van der Waals surface area contributed by atoms with E-state index in [1.54, 1.807) is 7.11 Å². The van der Waals surface area contributed by atoms with Gasteiger partial charge in [0.1, 0.15) is 11.5 Å². The summed E-state index contributed by atoms with van der Waals surface area (Å²) in [6.07, 6.45) is 4.58. The molecule has 1 aromatic carbocycles. The summed E-state index contributed by atoms with van der Waals surface area (Å²) in [5, 5.41) is 14.1. The first-order valence-corrected chi connectivity index (χ1v) is 7.55. The number of phenolic OH excluding ortho intramolecular Hbond substituents is 1. The molecule has 1 aliphatic heterocycles. The number of nitrogens with one attached hydrogen (secondary N) is 1. The lowest BCUT2D eigenvalue weighted by molar-refractivity contribution is 0.381. The van der Waals surface area contributed by atoms with Crippen LogP contribution in [0.25, 0.3) is 0 Å². The Hall–Kier alpha value is -1.22. The fourth-order valence-electron chi connectivity index (χ4n) is 2.87. The van der Waals surface area contributed by atoms with Gasteiger partial charge in [0, 0.05) is 11.6 Å². The maximum absolute atomic E-state index is 10.6. The zero-order valence-electron chi connectivity index (χ0n) is 13.1. The number of benzene rings is 1. The highest BCUT2D eigenvalue weighted by Crippen LogP contribution is 2.37. The van der Waals surface area contributed by atoms with Crippen molar-refractivity contribution in [2.45, 2.75) is 57.9 Å². The van der Waals surface area contributed by atoms with E-state index in [1.807, 2.05) is 12.1 Å². The molecule has 20 heavy (non-hydrogen) atoms. The van der Waals surface area contributed by atoms with Crippen LogP contribution < -0.4 is 10.1 Å². The first-order chi connectivity index (χ1) is 9.41. The molecule has 2 rings (SSSR count). The van der Waals surface area contributed by atoms with Gasteiger partial charge in [-0.15, -0.1) is 0 Å². The Balaban J connectivity index is 2.31. The van der Waals surface area contributed by atoms with Gasteiger partial charge in [0.15, 0.2) is 0 Å². The van der Waals surface area contributed by atoms with Gasteiger partial charge in [-0.2, -0.15) is 0 Å². The number of methoxy groups -OCH3 is 1. The SMILES string of the molecule is COc1cc(CC2CCCCN2)c(O)c(C(C)(C)C)c1. The average Bonchev–Trinajstić information content (AvgIpc) is 2.41. The quantitative estimate of drug-likeness (QED) is 0.890. The molecule has 112 valence electrons. The van der Waals surface area contributed by atoms with Crippen molar-refractivity contribution in [2.24, 2.45) is 0 Å². The van der Waals surface area contributed by atoms with E-state index < -0.39 is 0 Å². The highest BCUT2D eigenvalue weighted by Gasteiger charge is 2.23. The second-order valence-electron chi connectivity index (χ2n) is 6.78. The van der Waals surface area contributed by atoms with E-state index in [0.717, 1.165) is 29.8 Å². The van der Waals surface area contributed by atoms with Crippen LogP contribution in [0.1, 0.15) is 51.2 Å². The van der Waals surface area contributed by atoms with E-state index in [-0.39, 0.29) is 5.41 Å². The van der Waals surface area contributed by atoms with Gasteiger partial charge in [0.2, 0.25) is 0 Å². The number of piperidine rings is 1. The Kier molecular flexibility index (Phi) is 4.59. The van der Waals surface area contributed by atoms with Crippen LogP contribution in [0.15, 0.2) is 12.1 Å². The molecular formula is C17H27NO2. The van der Waals surface area contributed by atoms with Crippen molar-refractivity contribution in [1.82, 2.24) is 5.32 Å². The van der Waals surface area contributed by atoms with Crippen molar-refractivity contribution < 1.29 is 9.84 Å². The smallest absolute Gasteiger partial charge is 0.122 e. The normalized spacial score (nSPS) is 19.9. The standard InChI is InChI=1S/C17H27NO2/c1-17(2,3)15-11-14(20-4)10-12(16(15)19)9-13-7-5-6-8-18-13/h10-11,13,18-19H,5-9H2,1-4H3. The molecule has 2 N–H and O–H groups in total. The van der Waals surface area contributed by atoms with Crippen molar-refractivity contribution in [2.75, 3.05) is 13.7 Å². The molecule has 0 spiro atoms. The molecule has 1 aromatic rings. The minimum absolute atomic E-state index is 0.0899. The summed E-state index contributed by atoms with van der Waals surface area (Å²) < 4.78 is 5.40. The maximum atomic E-state index is 10.6. The number of aromatic hydroxyl groups is 1. The summed E-state index contributed by atoms with van der Waals surface area (Å²) >= 11 is 0. The van der Waals surface area contributed by atoms with Gasteiger partial charge < -0.3 is 15.2 Å². The molecule has 0 bridgehead atoms. The van der Waals surface area contributed by atoms with Gasteiger partial charge in [-0.05, 0) is 48.9 Å². The van der Waals surface area contributed by atoms with Crippen LogP contribution >= 0.6 is 0 Å². The van der Waals surface area contributed by atoms with E-state index in [4.69, 9.17) is 4.74 Å². The summed E-state index contributed by atoms with van der Waals surface area (Å²) in [6.45, 7) is 7.43. The molecule has 0 aromatic heterocycles. The molecule has 1 heterocycles. The Labute approximate surface area is 122 Å². The van der Waals surface area contributed by atoms with E-state index >= 15 is 0 Å². The van der Waals surface area contributed by atoms with Crippen molar-refractivity contribution in [3.8, 4) is 11.5 Å². The zero-order chi connectivity index (χ0) is 14.8. The summed E-state index contributed by atoms with van der Waals surface area (Å²) in [6, 6.07) is 4.39. The van der Waals surface area contributed by atoms with Crippen LogP contribution in [0.3, 0.4) is 0 Å². The van der Waals surface area contributed by atoms with Crippen molar-refractivity contribution in [3.05, 3.63) is 23.3 Å². The molecule has 0 amide bonds. The van der Waals surface area contributed by atoms with Crippen LogP contribution in [0.2, 0.25) is 0 Å². The van der Waals surface area contributed by atoms with Crippen LogP contribution in [0, 0.1) is 0 Å². The molecule has 1 atom stereocenters. The molecule has 1 fully saturated rings. The Morgan fingerprint density at radius 1 is 1.30 bits per heavy atom. The number of hydrogen-bond acceptors (Lipinski definition) is 3. The number of ether oxygens (including phenoxy) is 1. The van der Waals surface area contributed by atoms with E-state index in [1.165, 1.54) is 19.3 Å². The van der Waals surface area contributed by atoms with Gasteiger partial charge in [-0.25, -0.2) is 0 Å². The molecule has 3 nitrogen and oxygen atoms in total. The molecule has 0 aliphatic carbocycles. The molecular weight excluding hydrogens is 250 g/mol. The maximum Gasteiger partial charge on any atom is 0.122 e. The van der Waals surface area contributed by atoms with Crippen molar-refractivity contribution in [1.29, 1.82) is 0 Å². The Bertz CT molecular complexity index is 457. The predicted octanol–water partition coefficient (Wildman–Crippen LogP) is 3.38. The molecule has 1 saturated heterocycles. The van der Waals surface area contributed by atoms with Crippen molar-refractivity contribution in [3.63, 3.8) is 0 Å². The largest absolute Gasteiger partial charge is 0.507 e. The van der Waals surface area contributed by atoms with Gasteiger partial charge in [-0.3, -0.25) is 0 Å². The first kappa shape index (κ1) is 15.2. The number of phenols is 1. The van der Waals surface area contributed by atoms with Crippen LogP contribution in [0.5, 0.6) is 11.5 Å². The highest BCUT2D eigenvalue weighted by atomic mass is 16.5. The van der Waals surface area contributed by atoms with E-state index in [2.05, 4.69) is 26.1 Å². The fraction of sp³-hybridized carbons (Fsp3) is 0.647. The zero-order valence-corrected chi connectivity index (χ0v) is 13.1. The number of hydrogen-bond donors (Lipinski definition) is 2. The monoisotopic (exact) mass is 277 g/mol. The summed E-state index contributed by atoms with van der Waals surface area (Å²) in [5.41, 5.74) is 1.87. The third-order valence-corrected chi connectivity index (χ3v) is 4.08. The summed E-state index contributed by atoms with van der Waals surface area (Å²) in [4.78, 5) is 0. The second kappa shape index (κ2) is 6.04. The lowest BCUT2D eigenvalue weighted by Crippen LogP contribution is -2.35. The lowest BCUT2D eigenvalue weighted by Gasteiger charge is -2.26. The highest BCUT2D eigenvalue weighted by molar-refractivity contribution is 5.49. The first-order valence-electron chi connectivity index (χ1n) is 7.55. The third-order valence-electron chi connectivity index (χ3n) is 4.08. The average molecular weight is 277 g/mol. The molecule has 1 aliphatic rings. The minimum Gasteiger partial charge on any atom is -0.507 e. The predicted molar refractivity (Wildman–Crippen MR) is 82.7 cm³/mol. The fourth-order valence-corrected chi connectivity index (χ4v) is 2.87. The Morgan fingerprint density at radius 3 is 2.60 bits per heavy atom. The second-order valence-corrected chi connectivity index (χ2v) is 6.78. The molecule has 0 saturated carbocycles. The molecule has 0 radical (unpaired) electrons. The van der Waals surface area contributed by atoms with Gasteiger partial charge in [0.05, 0.1) is 7.11 Å². The number of rotatable bonds is 3. The topological polar surface area (TPSA) is 41.5 Å². The van der Waals surface area contributed by atoms with Gasteiger partial charge in [0.25, 0.3) is 0 Å².